The van der Waals surface area contributed by atoms with Crippen LogP contribution < -0.4 is 0 Å². The van der Waals surface area contributed by atoms with Crippen molar-refractivity contribution in [1.82, 2.24) is 0 Å². The molecule has 79 heavy (non-hydrogen) atoms. The molecule has 3 heterocycles. The van der Waals surface area contributed by atoms with Gasteiger partial charge >= 0.3 is 17.9 Å². The van der Waals surface area contributed by atoms with Crippen molar-refractivity contribution in [3.05, 3.63) is 34.9 Å². The number of carboxylic acids is 1. The van der Waals surface area contributed by atoms with Crippen molar-refractivity contribution in [2.24, 2.45) is 50.2 Å². The van der Waals surface area contributed by atoms with Crippen LogP contribution in [0.2, 0.25) is 0 Å². The molecule has 8 rings (SSSR count). The number of allylic oxidation sites excluding steroid dienone is 4. The zero-order valence-corrected chi connectivity index (χ0v) is 47.3. The van der Waals surface area contributed by atoms with Crippen LogP contribution in [0.3, 0.4) is 0 Å². The van der Waals surface area contributed by atoms with Gasteiger partial charge in [-0.1, -0.05) is 72.3 Å². The SMILES string of the molecule is CC=C(C)C(=O)OC1C(OC(=O)C(C)=CC)C2(CO)C(O)CC3(C)C(=CCC4C5(C)CCC(OC6OC(C(=O)O)C(O)C(OC7OCC(O)C(O)C7O)C6OC6OC(CO)C(O)C(O)C6O)C(C)(C)C5CCC43C)C2CC1(C)C. The highest BCUT2D eigenvalue weighted by atomic mass is 16.8. The fourth-order valence-corrected chi connectivity index (χ4v) is 16.1. The number of hydrogen-bond acceptors (Lipinski definition) is 21. The van der Waals surface area contributed by atoms with E-state index >= 15 is 0 Å². The first-order valence-corrected chi connectivity index (χ1v) is 28.0. The molecule has 0 aromatic carbocycles. The Morgan fingerprint density at radius 2 is 1.29 bits per heavy atom. The summed E-state index contributed by atoms with van der Waals surface area (Å²) in [7, 11) is 0. The maximum absolute atomic E-state index is 13.8. The zero-order valence-electron chi connectivity index (χ0n) is 47.3. The van der Waals surface area contributed by atoms with Crippen LogP contribution in [0.5, 0.6) is 0 Å². The summed E-state index contributed by atoms with van der Waals surface area (Å²) in [6, 6.07) is 0. The standard InChI is InChI=1S/C57H88O22/c1-12-25(3)47(70)78-44-45(79-48(71)26(4)13-2)57(24-59)28(20-52(44,5)6)27-14-15-32-54(9)18-17-34(53(7,8)31(54)16-19-55(32,10)56(27,11)21-33(57)61)74-51-43(77-50-39(66)37(64)36(63)30(22-58)73-50)41(40(67)42(76-51)46(68)69)75-49-38(65)35(62)29(60)23-72-49/h12-14,28-45,49-51,58-67H,15-24H2,1-11H3,(H,68,69). The maximum Gasteiger partial charge on any atom is 0.335 e. The Kier molecular flexibility index (Phi) is 17.7. The molecule has 8 aliphatic rings. The summed E-state index contributed by atoms with van der Waals surface area (Å²) in [6.45, 7) is 19.6. The molecule has 25 unspecified atom stereocenters. The minimum absolute atomic E-state index is 0.0231. The van der Waals surface area contributed by atoms with Crippen LogP contribution in [0.1, 0.15) is 121 Å². The van der Waals surface area contributed by atoms with Crippen molar-refractivity contribution in [1.29, 1.82) is 0 Å². The van der Waals surface area contributed by atoms with Crippen LogP contribution in [0.15, 0.2) is 34.9 Å². The zero-order chi connectivity index (χ0) is 58.4. The van der Waals surface area contributed by atoms with Crippen LogP contribution in [-0.2, 0) is 52.3 Å². The van der Waals surface area contributed by atoms with E-state index in [-0.39, 0.29) is 23.7 Å². The summed E-state index contributed by atoms with van der Waals surface area (Å²) in [5.74, 6) is -3.40. The summed E-state index contributed by atoms with van der Waals surface area (Å²) in [6.07, 6.45) is -20.6. The average Bonchev–Trinajstić information content (AvgIpc) is 1.96. The lowest BCUT2D eigenvalue weighted by atomic mass is 9.33. The van der Waals surface area contributed by atoms with Crippen molar-refractivity contribution < 1.29 is 108 Å². The van der Waals surface area contributed by atoms with E-state index in [0.29, 0.717) is 49.7 Å². The third kappa shape index (κ3) is 10.1. The fourth-order valence-electron chi connectivity index (χ4n) is 16.1. The summed E-state index contributed by atoms with van der Waals surface area (Å²) >= 11 is 0. The average molecular weight is 1130 g/mol. The van der Waals surface area contributed by atoms with Crippen molar-refractivity contribution in [2.45, 2.75) is 232 Å². The van der Waals surface area contributed by atoms with Crippen molar-refractivity contribution >= 4 is 17.9 Å². The number of carboxylic acid groups (broad SMARTS) is 1. The maximum atomic E-state index is 13.8. The molecule has 0 spiro atoms. The van der Waals surface area contributed by atoms with Gasteiger partial charge in [-0.15, -0.1) is 0 Å². The predicted molar refractivity (Wildman–Crippen MR) is 275 cm³/mol. The van der Waals surface area contributed by atoms with E-state index in [4.69, 9.17) is 37.9 Å². The van der Waals surface area contributed by atoms with Gasteiger partial charge in [0, 0.05) is 16.6 Å². The lowest BCUT2D eigenvalue weighted by Gasteiger charge is -2.72. The normalized spacial score (nSPS) is 48.7. The predicted octanol–water partition coefficient (Wildman–Crippen LogP) is 1.29. The van der Waals surface area contributed by atoms with E-state index in [0.717, 1.165) is 5.57 Å². The van der Waals surface area contributed by atoms with Gasteiger partial charge < -0.3 is 94.1 Å². The fraction of sp³-hybridized carbons (Fsp3) is 0.842. The number of aliphatic carboxylic acids is 1. The second kappa shape index (κ2) is 22.5. The van der Waals surface area contributed by atoms with Gasteiger partial charge in [-0.05, 0) is 112 Å². The molecule has 22 nitrogen and oxygen atoms in total. The van der Waals surface area contributed by atoms with E-state index in [2.05, 4.69) is 40.7 Å². The van der Waals surface area contributed by atoms with Crippen molar-refractivity contribution in [2.75, 3.05) is 19.8 Å². The van der Waals surface area contributed by atoms with Gasteiger partial charge in [-0.25, -0.2) is 14.4 Å². The highest BCUT2D eigenvalue weighted by Crippen LogP contribution is 2.76. The molecule has 0 aromatic heterocycles. The molecule has 22 heteroatoms. The highest BCUT2D eigenvalue weighted by molar-refractivity contribution is 5.89. The van der Waals surface area contributed by atoms with Crippen LogP contribution in [0, 0.1) is 50.2 Å². The van der Waals surface area contributed by atoms with Crippen LogP contribution >= 0.6 is 0 Å². The Bertz CT molecular complexity index is 2350. The molecule has 448 valence electrons. The Balaban J connectivity index is 1.12. The third-order valence-electron chi connectivity index (χ3n) is 21.2. The molecule has 0 radical (unpaired) electrons. The highest BCUT2D eigenvalue weighted by Gasteiger charge is 2.74. The van der Waals surface area contributed by atoms with E-state index in [9.17, 15) is 70.6 Å². The van der Waals surface area contributed by atoms with Gasteiger partial charge in [-0.2, -0.15) is 0 Å². The second-order valence-electron chi connectivity index (χ2n) is 26.0. The molecule has 5 aliphatic carbocycles. The van der Waals surface area contributed by atoms with Crippen LogP contribution in [0.4, 0.5) is 0 Å². The van der Waals surface area contributed by atoms with Gasteiger partial charge in [0.15, 0.2) is 31.1 Å². The molecule has 0 amide bonds. The number of hydrogen-bond donors (Lipinski definition) is 11. The summed E-state index contributed by atoms with van der Waals surface area (Å²) in [5.41, 5.74) is -2.71. The number of carbonyl (C=O) groups excluding carboxylic acids is 2. The van der Waals surface area contributed by atoms with Gasteiger partial charge in [0.1, 0.15) is 67.1 Å². The molecule has 0 bridgehead atoms. The first-order valence-electron chi connectivity index (χ1n) is 28.0. The van der Waals surface area contributed by atoms with Gasteiger partial charge in [0.05, 0.1) is 37.4 Å². The first-order chi connectivity index (χ1) is 36.9. The van der Waals surface area contributed by atoms with Gasteiger partial charge in [0.2, 0.25) is 0 Å². The molecule has 3 aliphatic heterocycles. The quantitative estimate of drug-likeness (QED) is 0.0536. The smallest absolute Gasteiger partial charge is 0.335 e. The lowest BCUT2D eigenvalue weighted by Crippen LogP contribution is -2.72. The summed E-state index contributed by atoms with van der Waals surface area (Å²) < 4.78 is 49.1. The van der Waals surface area contributed by atoms with Crippen molar-refractivity contribution in [3.8, 4) is 0 Å². The molecule has 3 saturated heterocycles. The molecule has 7 fully saturated rings. The molecule has 0 aromatic rings. The molecule has 4 saturated carbocycles. The van der Waals surface area contributed by atoms with Gasteiger partial charge in [-0.3, -0.25) is 0 Å². The monoisotopic (exact) mass is 1120 g/mol. The molecular formula is C57H88O22. The second-order valence-corrected chi connectivity index (χ2v) is 26.0. The minimum atomic E-state index is -2.10. The van der Waals surface area contributed by atoms with E-state index in [1.807, 2.05) is 13.8 Å². The van der Waals surface area contributed by atoms with E-state index < -0.39 is 181 Å². The number of esters is 2. The number of rotatable bonds is 13. The summed E-state index contributed by atoms with van der Waals surface area (Å²) in [5, 5.41) is 121. The Hall–Kier alpha value is -3.01. The van der Waals surface area contributed by atoms with Crippen LogP contribution in [0.25, 0.3) is 0 Å². The third-order valence-corrected chi connectivity index (χ3v) is 21.2. The molecular weight excluding hydrogens is 1040 g/mol. The summed E-state index contributed by atoms with van der Waals surface area (Å²) in [4.78, 5) is 40.3. The van der Waals surface area contributed by atoms with Crippen molar-refractivity contribution in [3.63, 3.8) is 0 Å². The topological polar surface area (TPSA) is 348 Å². The van der Waals surface area contributed by atoms with Crippen LogP contribution in [-0.4, -0.2) is 204 Å². The number of aliphatic hydroxyl groups excluding tert-OH is 10. The van der Waals surface area contributed by atoms with E-state index in [1.54, 1.807) is 39.8 Å². The number of aliphatic hydroxyl groups is 10. The Labute approximate surface area is 461 Å². The Morgan fingerprint density at radius 3 is 1.89 bits per heavy atom. The number of ether oxygens (including phenoxy) is 8. The Morgan fingerprint density at radius 1 is 0.684 bits per heavy atom. The number of carbonyl (C=O) groups is 3. The number of fused-ring (bicyclic) bond motifs is 7. The minimum Gasteiger partial charge on any atom is -0.479 e. The molecule has 11 N–H and O–H groups in total. The lowest BCUT2D eigenvalue weighted by molar-refractivity contribution is -0.392. The largest absolute Gasteiger partial charge is 0.479 e. The van der Waals surface area contributed by atoms with E-state index in [1.165, 1.54) is 0 Å². The van der Waals surface area contributed by atoms with Gasteiger partial charge in [0.25, 0.3) is 0 Å². The first kappa shape index (κ1) is 62.0. The molecule has 25 atom stereocenters.